The second kappa shape index (κ2) is 9.74. The van der Waals surface area contributed by atoms with E-state index >= 15 is 0 Å². The molecule has 4 aliphatic heterocycles. The molecule has 2 unspecified atom stereocenters. The number of carbonyl (C=O) groups is 1. The highest BCUT2D eigenvalue weighted by Gasteiger charge is 2.55. The van der Waals surface area contributed by atoms with Crippen LogP contribution in [0.1, 0.15) is 76.8 Å². The quantitative estimate of drug-likeness (QED) is 0.440. The van der Waals surface area contributed by atoms with Crippen molar-refractivity contribution in [2.75, 3.05) is 36.4 Å². The predicted octanol–water partition coefficient (Wildman–Crippen LogP) is 4.62. The third-order valence-electron chi connectivity index (χ3n) is 11.2. The third kappa shape index (κ3) is 4.18. The van der Waals surface area contributed by atoms with Crippen molar-refractivity contribution in [3.05, 3.63) is 36.2 Å². The van der Waals surface area contributed by atoms with Crippen LogP contribution in [0.4, 0.5) is 11.5 Å². The normalized spacial score (nSPS) is 29.9. The van der Waals surface area contributed by atoms with Crippen molar-refractivity contribution in [2.45, 2.75) is 107 Å². The third-order valence-corrected chi connectivity index (χ3v) is 11.2. The van der Waals surface area contributed by atoms with Crippen LogP contribution in [0.15, 0.2) is 30.6 Å². The number of piperidine rings is 1. The van der Waals surface area contributed by atoms with Crippen molar-refractivity contribution >= 4 is 28.4 Å². The first kappa shape index (κ1) is 26.4. The Kier molecular flexibility index (Phi) is 5.98. The number of carbonyl (C=O) groups excluding carboxylic acids is 1. The highest BCUT2D eigenvalue weighted by Crippen LogP contribution is 2.51. The lowest BCUT2D eigenvalue weighted by molar-refractivity contribution is -0.125. The number of nitrogens with zero attached hydrogens (tertiary/aromatic N) is 5. The van der Waals surface area contributed by atoms with Crippen LogP contribution in [-0.2, 0) is 14.9 Å². The van der Waals surface area contributed by atoms with Gasteiger partial charge in [0.25, 0.3) is 0 Å². The molecule has 1 spiro atoms. The van der Waals surface area contributed by atoms with Crippen LogP contribution in [0.5, 0.6) is 0 Å². The van der Waals surface area contributed by atoms with E-state index in [0.717, 1.165) is 85.7 Å². The summed E-state index contributed by atoms with van der Waals surface area (Å²) in [6.45, 7) is 8.25. The van der Waals surface area contributed by atoms with Crippen LogP contribution in [0.2, 0.25) is 0 Å². The highest BCUT2D eigenvalue weighted by atomic mass is 16.5. The van der Waals surface area contributed by atoms with Gasteiger partial charge >= 0.3 is 0 Å². The van der Waals surface area contributed by atoms with E-state index in [1.807, 2.05) is 6.33 Å². The average molecular weight is 582 g/mol. The van der Waals surface area contributed by atoms with Crippen molar-refractivity contribution in [3.63, 3.8) is 0 Å². The summed E-state index contributed by atoms with van der Waals surface area (Å²) in [6, 6.07) is 10.4. The number of aromatic nitrogens is 3. The van der Waals surface area contributed by atoms with Crippen LogP contribution < -0.4 is 15.5 Å². The Labute approximate surface area is 253 Å². The molecule has 2 aromatic heterocycles. The minimum atomic E-state index is -0.408. The fourth-order valence-electron chi connectivity index (χ4n) is 8.58. The van der Waals surface area contributed by atoms with E-state index in [9.17, 15) is 4.79 Å². The molecular formula is C34H43N7O2. The molecule has 6 heterocycles. The first-order valence-corrected chi connectivity index (χ1v) is 16.7. The summed E-state index contributed by atoms with van der Waals surface area (Å²) < 4.78 is 8.33. The Bertz CT molecular complexity index is 1570. The summed E-state index contributed by atoms with van der Waals surface area (Å²) in [6.07, 6.45) is 11.4. The molecule has 2 bridgehead atoms. The van der Waals surface area contributed by atoms with E-state index in [2.05, 4.69) is 63.1 Å². The number of hydrogen-bond acceptors (Lipinski definition) is 7. The Balaban J connectivity index is 1.07. The minimum absolute atomic E-state index is 0.255. The second-order valence-corrected chi connectivity index (χ2v) is 14.3. The highest BCUT2D eigenvalue weighted by molar-refractivity contribution is 6.09. The number of anilines is 2. The largest absolute Gasteiger partial charge is 0.372 e. The Morgan fingerprint density at radius 2 is 1.79 bits per heavy atom. The first-order valence-electron chi connectivity index (χ1n) is 16.7. The fraction of sp³-hybridized carbons (Fsp3) is 0.618. The van der Waals surface area contributed by atoms with Gasteiger partial charge in [-0.15, -0.1) is 0 Å². The maximum absolute atomic E-state index is 14.5. The molecule has 2 saturated carbocycles. The molecule has 0 radical (unpaired) electrons. The molecule has 1 amide bonds. The van der Waals surface area contributed by atoms with Gasteiger partial charge in [-0.25, -0.2) is 9.97 Å². The number of hydrogen-bond donors (Lipinski definition) is 2. The van der Waals surface area contributed by atoms with Gasteiger partial charge in [-0.2, -0.15) is 0 Å². The molecule has 43 heavy (non-hydrogen) atoms. The van der Waals surface area contributed by atoms with Crippen LogP contribution in [0, 0.1) is 0 Å². The number of morpholine rings is 1. The van der Waals surface area contributed by atoms with Gasteiger partial charge in [-0.05, 0) is 96.0 Å². The summed E-state index contributed by atoms with van der Waals surface area (Å²) in [5.74, 6) is 1.24. The van der Waals surface area contributed by atoms with E-state index < -0.39 is 5.41 Å². The number of rotatable bonds is 6. The maximum Gasteiger partial charge on any atom is 0.238 e. The van der Waals surface area contributed by atoms with E-state index in [1.54, 1.807) is 0 Å². The van der Waals surface area contributed by atoms with Crippen molar-refractivity contribution in [1.82, 2.24) is 24.8 Å². The van der Waals surface area contributed by atoms with Crippen molar-refractivity contribution in [3.8, 4) is 11.3 Å². The van der Waals surface area contributed by atoms with Gasteiger partial charge in [-0.1, -0.05) is 12.1 Å². The molecule has 226 valence electrons. The second-order valence-electron chi connectivity index (χ2n) is 14.3. The van der Waals surface area contributed by atoms with Crippen LogP contribution >= 0.6 is 0 Å². The Morgan fingerprint density at radius 1 is 1.02 bits per heavy atom. The molecule has 2 aliphatic carbocycles. The monoisotopic (exact) mass is 581 g/mol. The molecule has 3 aromatic rings. The fourth-order valence-corrected chi connectivity index (χ4v) is 8.58. The number of likely N-dealkylation sites (tertiary alicyclic amines) is 1. The van der Waals surface area contributed by atoms with Crippen LogP contribution in [0.3, 0.4) is 0 Å². The van der Waals surface area contributed by atoms with Crippen LogP contribution in [-0.4, -0.2) is 81.9 Å². The number of amides is 1. The molecular weight excluding hydrogens is 538 g/mol. The number of nitrogens with one attached hydrogen (secondary N) is 2. The van der Waals surface area contributed by atoms with Crippen LogP contribution in [0.25, 0.3) is 22.3 Å². The molecule has 6 aliphatic rings. The topological polar surface area (TPSA) is 87.6 Å². The number of imidazole rings is 1. The van der Waals surface area contributed by atoms with E-state index in [4.69, 9.17) is 14.7 Å². The molecule has 1 aromatic carbocycles. The molecule has 3 saturated heterocycles. The SMILES string of the molecule is CC(C)n1cnc2cc(-c3ccc4c(c3)N([C@H]3C[C@@H](N5CC6CCC(C5)O6)C3)C(=O)C43CCNCC3)nc(NC3CC3)c21. The molecule has 5 fully saturated rings. The number of ether oxygens (including phenoxy) is 1. The maximum atomic E-state index is 14.5. The van der Waals surface area contributed by atoms with Gasteiger partial charge in [-0.3, -0.25) is 9.69 Å². The molecule has 9 heteroatoms. The van der Waals surface area contributed by atoms with Gasteiger partial charge in [0.2, 0.25) is 5.91 Å². The summed E-state index contributed by atoms with van der Waals surface area (Å²) in [5, 5.41) is 7.19. The van der Waals surface area contributed by atoms with E-state index in [0.29, 0.717) is 36.2 Å². The Hall–Kier alpha value is -3.01. The van der Waals surface area contributed by atoms with Crippen molar-refractivity contribution in [2.24, 2.45) is 0 Å². The first-order chi connectivity index (χ1) is 21.0. The minimum Gasteiger partial charge on any atom is -0.372 e. The number of fused-ring (bicyclic) bond motifs is 5. The zero-order chi connectivity index (χ0) is 28.9. The zero-order valence-corrected chi connectivity index (χ0v) is 25.4. The molecule has 2 atom stereocenters. The lowest BCUT2D eigenvalue weighted by Crippen LogP contribution is -2.60. The summed E-state index contributed by atoms with van der Waals surface area (Å²) in [7, 11) is 0. The van der Waals surface area contributed by atoms with Crippen molar-refractivity contribution in [1.29, 1.82) is 0 Å². The predicted molar refractivity (Wildman–Crippen MR) is 168 cm³/mol. The van der Waals surface area contributed by atoms with Crippen molar-refractivity contribution < 1.29 is 9.53 Å². The summed E-state index contributed by atoms with van der Waals surface area (Å²) in [5.41, 5.74) is 5.94. The number of benzene rings is 1. The van der Waals surface area contributed by atoms with Gasteiger partial charge in [0, 0.05) is 48.5 Å². The smallest absolute Gasteiger partial charge is 0.238 e. The molecule has 9 nitrogen and oxygen atoms in total. The van der Waals surface area contributed by atoms with Gasteiger partial charge in [0.05, 0.1) is 35.2 Å². The van der Waals surface area contributed by atoms with Gasteiger partial charge in [0.15, 0.2) is 5.82 Å². The van der Waals surface area contributed by atoms with E-state index in [-0.39, 0.29) is 6.04 Å². The summed E-state index contributed by atoms with van der Waals surface area (Å²) in [4.78, 5) is 29.3. The van der Waals surface area contributed by atoms with Gasteiger partial charge in [0.1, 0.15) is 5.52 Å². The lowest BCUT2D eigenvalue weighted by Gasteiger charge is -2.49. The standard InChI is InChI=1S/C34H43N7O2/c1-20(2)40-19-36-29-16-28(38-32(31(29)40)37-22-4-5-22)21-3-8-27-30(13-21)41(33(42)34(27)9-11-35-12-10-34)24-14-23(15-24)39-17-25-6-7-26(18-39)43-25/h3,8,13,16,19-20,22-26,35H,4-7,9-12,14-15,17-18H2,1-2H3,(H,37,38)/t23-,24+,25?,26?. The Morgan fingerprint density at radius 3 is 2.51 bits per heavy atom. The summed E-state index contributed by atoms with van der Waals surface area (Å²) >= 11 is 0. The molecule has 9 rings (SSSR count). The van der Waals surface area contributed by atoms with E-state index in [1.165, 1.54) is 31.2 Å². The molecule has 2 N–H and O–H groups in total. The average Bonchev–Trinajstić information content (AvgIpc) is 3.52. The lowest BCUT2D eigenvalue weighted by atomic mass is 9.74. The zero-order valence-electron chi connectivity index (χ0n) is 25.4. The van der Waals surface area contributed by atoms with Gasteiger partial charge < -0.3 is 24.8 Å². The number of pyridine rings is 1.